The Hall–Kier alpha value is -4.52. The monoisotopic (exact) mass is 513 g/mol. The number of carboxylic acids is 1. The van der Waals surface area contributed by atoms with Crippen LogP contribution < -0.4 is 10.6 Å². The van der Waals surface area contributed by atoms with E-state index in [4.69, 9.17) is 9.90 Å². The van der Waals surface area contributed by atoms with E-state index in [1.54, 1.807) is 10.9 Å². The first kappa shape index (κ1) is 24.2. The number of halogens is 4. The summed E-state index contributed by atoms with van der Waals surface area (Å²) in [6.07, 6.45) is -1.34. The summed E-state index contributed by atoms with van der Waals surface area (Å²) in [7, 11) is 0. The lowest BCUT2D eigenvalue weighted by atomic mass is 10.1. The molecule has 5 aromatic rings. The highest BCUT2D eigenvalue weighted by molar-refractivity contribution is 5.88. The van der Waals surface area contributed by atoms with Crippen LogP contribution in [-0.2, 0) is 17.8 Å². The van der Waals surface area contributed by atoms with Crippen molar-refractivity contribution in [2.24, 2.45) is 0 Å². The smallest absolute Gasteiger partial charge is 0.475 e. The van der Waals surface area contributed by atoms with Crippen LogP contribution >= 0.6 is 0 Å². The van der Waals surface area contributed by atoms with Crippen LogP contribution in [0.1, 0.15) is 11.3 Å². The number of nitrogens with zero attached hydrogens (tertiary/aromatic N) is 4. The minimum absolute atomic E-state index is 0.156. The number of alkyl halides is 3. The van der Waals surface area contributed by atoms with Gasteiger partial charge in [-0.25, -0.2) is 19.2 Å². The average molecular weight is 513 g/mol. The summed E-state index contributed by atoms with van der Waals surface area (Å²) in [5, 5.41) is 14.9. The van der Waals surface area contributed by atoms with Crippen LogP contribution in [0.2, 0.25) is 0 Å². The van der Waals surface area contributed by atoms with Gasteiger partial charge in [-0.2, -0.15) is 18.2 Å². The Morgan fingerprint density at radius 1 is 1.14 bits per heavy atom. The number of aromatic nitrogens is 5. The summed E-state index contributed by atoms with van der Waals surface area (Å²) >= 11 is 0. The normalized spacial score (nSPS) is 13.2. The lowest BCUT2D eigenvalue weighted by molar-refractivity contribution is -0.192. The van der Waals surface area contributed by atoms with Crippen molar-refractivity contribution >= 4 is 39.5 Å². The quantitative estimate of drug-likeness (QED) is 0.263. The van der Waals surface area contributed by atoms with Gasteiger partial charge in [-0.15, -0.1) is 0 Å². The van der Waals surface area contributed by atoms with Crippen molar-refractivity contribution in [2.75, 3.05) is 11.9 Å². The van der Waals surface area contributed by atoms with E-state index in [-0.39, 0.29) is 5.82 Å². The van der Waals surface area contributed by atoms with Crippen molar-refractivity contribution in [2.45, 2.75) is 19.1 Å². The van der Waals surface area contributed by atoms with Gasteiger partial charge >= 0.3 is 12.1 Å². The van der Waals surface area contributed by atoms with Gasteiger partial charge in [-0.1, -0.05) is 18.2 Å². The van der Waals surface area contributed by atoms with Gasteiger partial charge in [0.2, 0.25) is 5.95 Å². The second kappa shape index (κ2) is 9.50. The van der Waals surface area contributed by atoms with Crippen LogP contribution in [0, 0.1) is 5.82 Å². The molecule has 0 saturated heterocycles. The molecule has 0 fully saturated rings. The molecule has 13 heteroatoms. The van der Waals surface area contributed by atoms with Gasteiger partial charge in [0.1, 0.15) is 6.33 Å². The molecule has 2 aromatic carbocycles. The minimum Gasteiger partial charge on any atom is -0.475 e. The zero-order valence-corrected chi connectivity index (χ0v) is 19.0. The van der Waals surface area contributed by atoms with E-state index in [1.165, 1.54) is 22.8 Å². The number of imidazole rings is 1. The highest BCUT2D eigenvalue weighted by Gasteiger charge is 2.38. The standard InChI is InChI=1S/C22H18FN7.C2HF3O2/c23-16-11-25-22(29-21(16)30-12-26-18-3-1-2-4-20(18)30)27-13-5-6-14-15-10-24-8-7-17(15)28-19(14)9-13;3-2(4,5)1(6)7/h1-6,9,11-12,24,28H,7-8,10H2,(H,25,27,29);(H,6,7). The van der Waals surface area contributed by atoms with Gasteiger partial charge in [0.25, 0.3) is 0 Å². The molecular weight excluding hydrogens is 494 g/mol. The molecule has 4 heterocycles. The summed E-state index contributed by atoms with van der Waals surface area (Å²) < 4.78 is 47.9. The first-order valence-corrected chi connectivity index (χ1v) is 11.1. The average Bonchev–Trinajstić information content (AvgIpc) is 3.46. The number of carboxylic acid groups (broad SMARTS) is 1. The fourth-order valence-corrected chi connectivity index (χ4v) is 4.08. The summed E-state index contributed by atoms with van der Waals surface area (Å²) in [6, 6.07) is 13.7. The van der Waals surface area contributed by atoms with Crippen molar-refractivity contribution in [3.63, 3.8) is 0 Å². The third-order valence-corrected chi connectivity index (χ3v) is 5.75. The van der Waals surface area contributed by atoms with Crippen LogP contribution in [0.25, 0.3) is 27.8 Å². The molecule has 3 aromatic heterocycles. The van der Waals surface area contributed by atoms with E-state index in [1.807, 2.05) is 36.4 Å². The predicted octanol–water partition coefficient (Wildman–Crippen LogP) is 4.46. The number of nitrogens with one attached hydrogen (secondary N) is 3. The number of H-pyrrole nitrogens is 1. The van der Waals surface area contributed by atoms with Crippen molar-refractivity contribution in [3.05, 3.63) is 72.1 Å². The summed E-state index contributed by atoms with van der Waals surface area (Å²) in [5.74, 6) is -2.79. The van der Waals surface area contributed by atoms with Gasteiger partial charge in [0.15, 0.2) is 11.6 Å². The lowest BCUT2D eigenvalue weighted by Gasteiger charge is -2.12. The third kappa shape index (κ3) is 4.93. The number of hydrogen-bond acceptors (Lipinski definition) is 6. The molecule has 0 atom stereocenters. The molecule has 0 radical (unpaired) electrons. The van der Waals surface area contributed by atoms with Crippen molar-refractivity contribution < 1.29 is 27.5 Å². The van der Waals surface area contributed by atoms with Gasteiger partial charge in [-0.05, 0) is 29.8 Å². The maximum absolute atomic E-state index is 14.5. The first-order valence-electron chi connectivity index (χ1n) is 11.1. The Kier molecular flexibility index (Phi) is 6.21. The molecule has 190 valence electrons. The number of benzene rings is 2. The Bertz CT molecular complexity index is 1610. The maximum Gasteiger partial charge on any atom is 0.490 e. The number of carbonyl (C=O) groups is 1. The van der Waals surface area contributed by atoms with Gasteiger partial charge in [0, 0.05) is 41.8 Å². The maximum atomic E-state index is 14.5. The molecule has 4 N–H and O–H groups in total. The Labute approximate surface area is 206 Å². The third-order valence-electron chi connectivity index (χ3n) is 5.75. The highest BCUT2D eigenvalue weighted by Crippen LogP contribution is 2.28. The van der Waals surface area contributed by atoms with E-state index in [2.05, 4.69) is 36.6 Å². The lowest BCUT2D eigenvalue weighted by Crippen LogP contribution is -2.22. The largest absolute Gasteiger partial charge is 0.490 e. The Morgan fingerprint density at radius 2 is 1.92 bits per heavy atom. The molecular formula is C24H19F4N7O2. The fraction of sp³-hybridized carbons (Fsp3) is 0.167. The van der Waals surface area contributed by atoms with Gasteiger partial charge < -0.3 is 20.7 Å². The van der Waals surface area contributed by atoms with E-state index >= 15 is 0 Å². The van der Waals surface area contributed by atoms with E-state index < -0.39 is 18.0 Å². The molecule has 0 unspecified atom stereocenters. The highest BCUT2D eigenvalue weighted by atomic mass is 19.4. The summed E-state index contributed by atoms with van der Waals surface area (Å²) in [6.45, 7) is 1.87. The van der Waals surface area contributed by atoms with E-state index in [0.717, 1.165) is 41.7 Å². The molecule has 0 spiro atoms. The minimum atomic E-state index is -5.08. The number of para-hydroxylation sites is 2. The van der Waals surface area contributed by atoms with Crippen molar-refractivity contribution in [1.29, 1.82) is 0 Å². The zero-order chi connectivity index (χ0) is 26.2. The SMILES string of the molecule is Fc1cnc(Nc2ccc3c4c([nH]c3c2)CCNC4)nc1-n1cnc2ccccc21.O=C(O)C(F)(F)F. The fourth-order valence-electron chi connectivity index (χ4n) is 4.08. The van der Waals surface area contributed by atoms with E-state index in [9.17, 15) is 17.6 Å². The van der Waals surface area contributed by atoms with Crippen LogP contribution in [0.3, 0.4) is 0 Å². The number of aromatic amines is 1. The number of fused-ring (bicyclic) bond motifs is 4. The molecule has 1 aliphatic heterocycles. The predicted molar refractivity (Wildman–Crippen MR) is 127 cm³/mol. The molecule has 0 bridgehead atoms. The molecule has 9 nitrogen and oxygen atoms in total. The van der Waals surface area contributed by atoms with E-state index in [0.29, 0.717) is 5.95 Å². The zero-order valence-electron chi connectivity index (χ0n) is 19.0. The molecule has 6 rings (SSSR count). The van der Waals surface area contributed by atoms with Crippen LogP contribution in [-0.4, -0.2) is 48.3 Å². The molecule has 37 heavy (non-hydrogen) atoms. The Balaban J connectivity index is 0.000000355. The summed E-state index contributed by atoms with van der Waals surface area (Å²) in [4.78, 5) is 25.3. The molecule has 0 amide bonds. The molecule has 1 aliphatic rings. The molecule has 0 saturated carbocycles. The first-order chi connectivity index (χ1) is 17.7. The second-order valence-corrected chi connectivity index (χ2v) is 8.17. The van der Waals surface area contributed by atoms with Crippen molar-refractivity contribution in [3.8, 4) is 5.82 Å². The number of rotatable bonds is 3. The van der Waals surface area contributed by atoms with Crippen LogP contribution in [0.15, 0.2) is 55.0 Å². The number of aliphatic carboxylic acids is 1. The second-order valence-electron chi connectivity index (χ2n) is 8.17. The van der Waals surface area contributed by atoms with Crippen LogP contribution in [0.5, 0.6) is 0 Å². The van der Waals surface area contributed by atoms with Gasteiger partial charge in [0.05, 0.1) is 17.2 Å². The van der Waals surface area contributed by atoms with Crippen molar-refractivity contribution in [1.82, 2.24) is 29.8 Å². The number of anilines is 2. The van der Waals surface area contributed by atoms with Crippen LogP contribution in [0.4, 0.5) is 29.2 Å². The number of hydrogen-bond donors (Lipinski definition) is 4. The molecule has 0 aliphatic carbocycles. The van der Waals surface area contributed by atoms with Gasteiger partial charge in [-0.3, -0.25) is 4.57 Å². The topological polar surface area (TPSA) is 121 Å². The Morgan fingerprint density at radius 3 is 2.70 bits per heavy atom. The summed E-state index contributed by atoms with van der Waals surface area (Å²) in [5.41, 5.74) is 6.08.